The van der Waals surface area contributed by atoms with Crippen molar-refractivity contribution in [2.24, 2.45) is 0 Å². The highest BCUT2D eigenvalue weighted by Gasteiger charge is 2.17. The molecule has 0 aromatic heterocycles. The number of ether oxygens (including phenoxy) is 3. The smallest absolute Gasteiger partial charge is 0.313 e. The van der Waals surface area contributed by atoms with E-state index in [2.05, 4.69) is 0 Å². The van der Waals surface area contributed by atoms with E-state index in [9.17, 15) is 4.79 Å². The van der Waals surface area contributed by atoms with Gasteiger partial charge in [-0.1, -0.05) is 36.4 Å². The number of hydrogen-bond donors (Lipinski definition) is 0. The van der Waals surface area contributed by atoms with Crippen molar-refractivity contribution < 1.29 is 19.0 Å². The molecule has 3 aromatic rings. The highest BCUT2D eigenvalue weighted by molar-refractivity contribution is 5.86. The Bertz CT molecular complexity index is 900. The second kappa shape index (κ2) is 7.91. The van der Waals surface area contributed by atoms with Crippen LogP contribution in [0.25, 0.3) is 10.8 Å². The van der Waals surface area contributed by atoms with E-state index in [1.165, 1.54) is 0 Å². The average molecular weight is 350 g/mol. The molecule has 1 atom stereocenters. The van der Waals surface area contributed by atoms with Gasteiger partial charge in [0.15, 0.2) is 0 Å². The summed E-state index contributed by atoms with van der Waals surface area (Å²) in [5, 5.41) is 2.14. The Morgan fingerprint density at radius 1 is 0.846 bits per heavy atom. The summed E-state index contributed by atoms with van der Waals surface area (Å²) in [4.78, 5) is 12.4. The Balaban J connectivity index is 1.68. The summed E-state index contributed by atoms with van der Waals surface area (Å²) >= 11 is 0. The molecule has 1 unspecified atom stereocenters. The monoisotopic (exact) mass is 350 g/mol. The average Bonchev–Trinajstić information content (AvgIpc) is 2.70. The summed E-state index contributed by atoms with van der Waals surface area (Å²) in [5.74, 6) is 1.02. The minimum Gasteiger partial charge on any atom is -0.497 e. The van der Waals surface area contributed by atoms with Crippen molar-refractivity contribution in [1.29, 1.82) is 0 Å². The number of carbonyl (C=O) groups excluding carboxylic acids is 1. The third-order valence-corrected chi connectivity index (χ3v) is 4.47. The number of esters is 1. The fourth-order valence-electron chi connectivity index (χ4n) is 2.78. The van der Waals surface area contributed by atoms with Crippen LogP contribution in [0.5, 0.6) is 11.5 Å². The zero-order chi connectivity index (χ0) is 18.5. The van der Waals surface area contributed by atoms with Crippen LogP contribution in [0.1, 0.15) is 24.0 Å². The van der Waals surface area contributed by atoms with Crippen LogP contribution in [0.4, 0.5) is 0 Å². The third kappa shape index (κ3) is 3.97. The standard InChI is InChI=1S/C22H22O4/c1-15(22(23)26-14-16-4-9-20(24-2)10-5-16)17-6-7-19-13-21(25-3)11-8-18(19)12-17/h4-13,15H,14H2,1-3H3. The second-order valence-corrected chi connectivity index (χ2v) is 6.15. The van der Waals surface area contributed by atoms with Crippen LogP contribution >= 0.6 is 0 Å². The Kier molecular flexibility index (Phi) is 5.42. The first-order valence-electron chi connectivity index (χ1n) is 8.48. The molecule has 134 valence electrons. The highest BCUT2D eigenvalue weighted by atomic mass is 16.5. The van der Waals surface area contributed by atoms with Gasteiger partial charge >= 0.3 is 5.97 Å². The lowest BCUT2D eigenvalue weighted by atomic mass is 9.98. The Labute approximate surface area is 153 Å². The van der Waals surface area contributed by atoms with Crippen LogP contribution in [0.2, 0.25) is 0 Å². The molecule has 0 heterocycles. The lowest BCUT2D eigenvalue weighted by Crippen LogP contribution is -2.13. The normalized spacial score (nSPS) is 11.8. The topological polar surface area (TPSA) is 44.8 Å². The lowest BCUT2D eigenvalue weighted by molar-refractivity contribution is -0.146. The van der Waals surface area contributed by atoms with Crippen molar-refractivity contribution in [2.75, 3.05) is 14.2 Å². The molecule has 3 aromatic carbocycles. The zero-order valence-corrected chi connectivity index (χ0v) is 15.2. The third-order valence-electron chi connectivity index (χ3n) is 4.47. The first kappa shape index (κ1) is 17.8. The van der Waals surface area contributed by atoms with Gasteiger partial charge in [-0.25, -0.2) is 0 Å². The van der Waals surface area contributed by atoms with Crippen LogP contribution in [0, 0.1) is 0 Å². The van der Waals surface area contributed by atoms with Crippen LogP contribution < -0.4 is 9.47 Å². The van der Waals surface area contributed by atoms with Crippen LogP contribution in [0.3, 0.4) is 0 Å². The van der Waals surface area contributed by atoms with E-state index in [-0.39, 0.29) is 18.5 Å². The Morgan fingerprint density at radius 3 is 2.15 bits per heavy atom. The van der Waals surface area contributed by atoms with Crippen molar-refractivity contribution in [1.82, 2.24) is 0 Å². The predicted molar refractivity (Wildman–Crippen MR) is 102 cm³/mol. The van der Waals surface area contributed by atoms with Gasteiger partial charge < -0.3 is 14.2 Å². The van der Waals surface area contributed by atoms with Gasteiger partial charge in [0.05, 0.1) is 20.1 Å². The number of carbonyl (C=O) groups is 1. The quantitative estimate of drug-likeness (QED) is 0.604. The van der Waals surface area contributed by atoms with Gasteiger partial charge in [0.2, 0.25) is 0 Å². The van der Waals surface area contributed by atoms with Crippen LogP contribution in [-0.2, 0) is 16.1 Å². The molecule has 0 saturated heterocycles. The molecule has 0 amide bonds. The number of fused-ring (bicyclic) bond motifs is 1. The molecule has 0 bridgehead atoms. The first-order valence-corrected chi connectivity index (χ1v) is 8.48. The maximum Gasteiger partial charge on any atom is 0.313 e. The van der Waals surface area contributed by atoms with Crippen molar-refractivity contribution in [3.63, 3.8) is 0 Å². The van der Waals surface area contributed by atoms with E-state index in [1.807, 2.05) is 67.6 Å². The summed E-state index contributed by atoms with van der Waals surface area (Å²) in [6.45, 7) is 2.11. The van der Waals surface area contributed by atoms with E-state index in [0.717, 1.165) is 33.4 Å². The van der Waals surface area contributed by atoms with Crippen molar-refractivity contribution in [3.05, 3.63) is 71.8 Å². The molecule has 0 aliphatic rings. The highest BCUT2D eigenvalue weighted by Crippen LogP contribution is 2.26. The fraction of sp³-hybridized carbons (Fsp3) is 0.227. The van der Waals surface area contributed by atoms with Crippen LogP contribution in [0.15, 0.2) is 60.7 Å². The molecule has 0 fully saturated rings. The van der Waals surface area contributed by atoms with Gasteiger partial charge in [-0.3, -0.25) is 4.79 Å². The summed E-state index contributed by atoms with van der Waals surface area (Å²) in [7, 11) is 3.27. The number of rotatable bonds is 6. The van der Waals surface area contributed by atoms with E-state index < -0.39 is 0 Å². The van der Waals surface area contributed by atoms with E-state index >= 15 is 0 Å². The van der Waals surface area contributed by atoms with Gasteiger partial charge in [-0.15, -0.1) is 0 Å². The molecular formula is C22H22O4. The van der Waals surface area contributed by atoms with E-state index in [0.29, 0.717) is 0 Å². The molecule has 0 aliphatic heterocycles. The molecule has 0 saturated carbocycles. The largest absolute Gasteiger partial charge is 0.497 e. The molecule has 0 spiro atoms. The van der Waals surface area contributed by atoms with Crippen LogP contribution in [-0.4, -0.2) is 20.2 Å². The van der Waals surface area contributed by atoms with E-state index in [4.69, 9.17) is 14.2 Å². The minimum atomic E-state index is -0.334. The maximum absolute atomic E-state index is 12.4. The number of hydrogen-bond acceptors (Lipinski definition) is 4. The molecule has 26 heavy (non-hydrogen) atoms. The van der Waals surface area contributed by atoms with Gasteiger partial charge in [0, 0.05) is 0 Å². The summed E-state index contributed by atoms with van der Waals surface area (Å²) in [6.07, 6.45) is 0. The van der Waals surface area contributed by atoms with Gasteiger partial charge in [-0.05, 0) is 53.1 Å². The summed E-state index contributed by atoms with van der Waals surface area (Å²) in [5.41, 5.74) is 1.86. The molecule has 4 nitrogen and oxygen atoms in total. The molecule has 0 N–H and O–H groups in total. The Hall–Kier alpha value is -3.01. The fourth-order valence-corrected chi connectivity index (χ4v) is 2.78. The van der Waals surface area contributed by atoms with Crippen molar-refractivity contribution in [3.8, 4) is 11.5 Å². The SMILES string of the molecule is COc1ccc(COC(=O)C(C)c2ccc3cc(OC)ccc3c2)cc1. The summed E-state index contributed by atoms with van der Waals surface area (Å²) < 4.78 is 15.8. The first-order chi connectivity index (χ1) is 12.6. The van der Waals surface area contributed by atoms with Gasteiger partial charge in [0.25, 0.3) is 0 Å². The Morgan fingerprint density at radius 2 is 1.46 bits per heavy atom. The molecule has 0 aliphatic carbocycles. The number of methoxy groups -OCH3 is 2. The predicted octanol–water partition coefficient (Wildman–Crippen LogP) is 4.70. The zero-order valence-electron chi connectivity index (χ0n) is 15.2. The van der Waals surface area contributed by atoms with E-state index in [1.54, 1.807) is 14.2 Å². The molecule has 4 heteroatoms. The molecule has 3 rings (SSSR count). The minimum absolute atomic E-state index is 0.242. The molecule has 0 radical (unpaired) electrons. The maximum atomic E-state index is 12.4. The van der Waals surface area contributed by atoms with Gasteiger partial charge in [0.1, 0.15) is 18.1 Å². The van der Waals surface area contributed by atoms with Crippen molar-refractivity contribution in [2.45, 2.75) is 19.4 Å². The lowest BCUT2D eigenvalue weighted by Gasteiger charge is -2.13. The number of benzene rings is 3. The second-order valence-electron chi connectivity index (χ2n) is 6.15. The van der Waals surface area contributed by atoms with Gasteiger partial charge in [-0.2, -0.15) is 0 Å². The molecular weight excluding hydrogens is 328 g/mol. The van der Waals surface area contributed by atoms with Crippen molar-refractivity contribution >= 4 is 16.7 Å². The summed E-state index contributed by atoms with van der Waals surface area (Å²) in [6, 6.07) is 19.3.